The quantitative estimate of drug-likeness (QED) is 0.548. The first-order valence-electron chi connectivity index (χ1n) is 8.48. The predicted molar refractivity (Wildman–Crippen MR) is 105 cm³/mol. The summed E-state index contributed by atoms with van der Waals surface area (Å²) < 4.78 is 6.45. The Morgan fingerprint density at radius 3 is 3.00 bits per heavy atom. The molecule has 0 radical (unpaired) electrons. The van der Waals surface area contributed by atoms with Crippen LogP contribution in [0.4, 0.5) is 0 Å². The molecule has 0 atom stereocenters. The van der Waals surface area contributed by atoms with E-state index in [1.54, 1.807) is 18.4 Å². The molecule has 0 unspecified atom stereocenters. The minimum atomic E-state index is 0.00910. The van der Waals surface area contributed by atoms with Crippen LogP contribution in [0.5, 0.6) is 5.75 Å². The molecule has 2 aromatic heterocycles. The van der Waals surface area contributed by atoms with Crippen molar-refractivity contribution in [3.8, 4) is 5.75 Å². The van der Waals surface area contributed by atoms with Crippen molar-refractivity contribution in [2.45, 2.75) is 12.8 Å². The van der Waals surface area contributed by atoms with Crippen molar-refractivity contribution in [1.29, 1.82) is 0 Å². The van der Waals surface area contributed by atoms with Gasteiger partial charge in [-0.2, -0.15) is 0 Å². The Morgan fingerprint density at radius 2 is 2.15 bits per heavy atom. The number of ether oxygens (including phenoxy) is 1. The van der Waals surface area contributed by atoms with Crippen LogP contribution in [0.25, 0.3) is 21.1 Å². The molecule has 0 fully saturated rings. The van der Waals surface area contributed by atoms with Gasteiger partial charge in [-0.05, 0) is 35.9 Å². The number of H-pyrrole nitrogens is 1. The van der Waals surface area contributed by atoms with Gasteiger partial charge in [0.05, 0.1) is 28.8 Å². The van der Waals surface area contributed by atoms with Crippen LogP contribution < -0.4 is 10.1 Å². The summed E-state index contributed by atoms with van der Waals surface area (Å²) in [7, 11) is 1.64. The average Bonchev–Trinajstić information content (AvgIpc) is 3.25. The van der Waals surface area contributed by atoms with E-state index < -0.39 is 0 Å². The van der Waals surface area contributed by atoms with E-state index in [2.05, 4.69) is 21.4 Å². The van der Waals surface area contributed by atoms with Gasteiger partial charge in [0, 0.05) is 30.1 Å². The van der Waals surface area contributed by atoms with E-state index in [-0.39, 0.29) is 5.91 Å². The lowest BCUT2D eigenvalue weighted by Crippen LogP contribution is -2.27. The largest absolute Gasteiger partial charge is 0.497 e. The molecule has 1 amide bonds. The third-order valence-corrected chi connectivity index (χ3v) is 5.42. The maximum absolute atomic E-state index is 12.3. The lowest BCUT2D eigenvalue weighted by molar-refractivity contribution is -0.120. The van der Waals surface area contributed by atoms with Crippen molar-refractivity contribution < 1.29 is 9.53 Å². The molecular formula is C20H19N3O2S. The number of carbonyl (C=O) groups is 1. The van der Waals surface area contributed by atoms with Crippen LogP contribution >= 0.6 is 11.3 Å². The number of fused-ring (bicyclic) bond motifs is 2. The Bertz CT molecular complexity index is 1030. The van der Waals surface area contributed by atoms with Gasteiger partial charge in [-0.1, -0.05) is 12.1 Å². The molecule has 26 heavy (non-hydrogen) atoms. The van der Waals surface area contributed by atoms with Crippen LogP contribution in [0.3, 0.4) is 0 Å². The molecule has 0 saturated heterocycles. The Labute approximate surface area is 155 Å². The smallest absolute Gasteiger partial charge is 0.224 e. The number of rotatable bonds is 6. The monoisotopic (exact) mass is 365 g/mol. The van der Waals surface area contributed by atoms with Crippen LogP contribution in [0.15, 0.2) is 48.7 Å². The van der Waals surface area contributed by atoms with Crippen molar-refractivity contribution in [1.82, 2.24) is 15.3 Å². The van der Waals surface area contributed by atoms with E-state index in [1.165, 1.54) is 4.70 Å². The molecule has 0 aliphatic carbocycles. The Balaban J connectivity index is 1.36. The lowest BCUT2D eigenvalue weighted by Gasteiger charge is -2.04. The number of methoxy groups -OCH3 is 1. The molecule has 0 saturated carbocycles. The lowest BCUT2D eigenvalue weighted by atomic mass is 10.1. The van der Waals surface area contributed by atoms with Gasteiger partial charge in [0.15, 0.2) is 0 Å². The third-order valence-electron chi connectivity index (χ3n) is 4.32. The van der Waals surface area contributed by atoms with Crippen LogP contribution in [-0.2, 0) is 17.6 Å². The van der Waals surface area contributed by atoms with Crippen molar-refractivity contribution in [3.05, 3.63) is 59.2 Å². The minimum Gasteiger partial charge on any atom is -0.497 e. The Hall–Kier alpha value is -2.86. The molecular weight excluding hydrogens is 346 g/mol. The van der Waals surface area contributed by atoms with E-state index in [0.717, 1.165) is 39.2 Å². The van der Waals surface area contributed by atoms with Crippen molar-refractivity contribution >= 4 is 38.4 Å². The van der Waals surface area contributed by atoms with Crippen molar-refractivity contribution in [2.24, 2.45) is 0 Å². The highest BCUT2D eigenvalue weighted by atomic mass is 32.1. The molecule has 4 aromatic rings. The summed E-state index contributed by atoms with van der Waals surface area (Å²) >= 11 is 1.68. The number of carbonyl (C=O) groups excluding carboxylic acids is 1. The summed E-state index contributed by atoms with van der Waals surface area (Å²) in [5.74, 6) is 0.796. The zero-order chi connectivity index (χ0) is 17.9. The highest BCUT2D eigenvalue weighted by Gasteiger charge is 2.10. The molecule has 0 aliphatic rings. The number of thiazole rings is 1. The average molecular weight is 365 g/mol. The maximum atomic E-state index is 12.3. The summed E-state index contributed by atoms with van der Waals surface area (Å²) in [6, 6.07) is 13.9. The molecule has 6 heteroatoms. The number of nitrogens with zero attached hydrogens (tertiary/aromatic N) is 1. The number of nitrogens with one attached hydrogen (secondary N) is 2. The first-order chi connectivity index (χ1) is 12.7. The second-order valence-corrected chi connectivity index (χ2v) is 7.19. The van der Waals surface area contributed by atoms with E-state index in [1.807, 2.05) is 42.6 Å². The number of para-hydroxylation sites is 1. The van der Waals surface area contributed by atoms with Gasteiger partial charge in [0.2, 0.25) is 5.91 Å². The number of benzene rings is 2. The Kier molecular flexibility index (Phi) is 4.58. The second kappa shape index (κ2) is 7.17. The van der Waals surface area contributed by atoms with Gasteiger partial charge in [-0.25, -0.2) is 4.98 Å². The van der Waals surface area contributed by atoms with E-state index >= 15 is 0 Å². The number of hydrogen-bond acceptors (Lipinski definition) is 4. The molecule has 2 aromatic carbocycles. The highest BCUT2D eigenvalue weighted by Crippen LogP contribution is 2.24. The molecule has 4 rings (SSSR count). The molecule has 0 spiro atoms. The van der Waals surface area contributed by atoms with E-state index in [0.29, 0.717) is 13.0 Å². The number of hydrogen-bond donors (Lipinski definition) is 2. The van der Waals surface area contributed by atoms with Crippen LogP contribution in [0.1, 0.15) is 10.6 Å². The number of aromatic amines is 1. The van der Waals surface area contributed by atoms with Gasteiger partial charge in [0.25, 0.3) is 0 Å². The summed E-state index contributed by atoms with van der Waals surface area (Å²) in [5.41, 5.74) is 2.99. The van der Waals surface area contributed by atoms with Gasteiger partial charge in [-0.3, -0.25) is 4.79 Å². The van der Waals surface area contributed by atoms with Gasteiger partial charge in [-0.15, -0.1) is 11.3 Å². The standard InChI is InChI=1S/C20H19N3O2S/c1-25-14-6-7-16-15(11-14)13(12-22-16)10-19(24)21-9-8-20-23-17-4-2-3-5-18(17)26-20/h2-7,11-12,22H,8-10H2,1H3,(H,21,24). The topological polar surface area (TPSA) is 67.0 Å². The first-order valence-corrected chi connectivity index (χ1v) is 9.30. The number of amides is 1. The fourth-order valence-corrected chi connectivity index (χ4v) is 3.97. The molecule has 5 nitrogen and oxygen atoms in total. The fourth-order valence-electron chi connectivity index (χ4n) is 3.00. The summed E-state index contributed by atoms with van der Waals surface area (Å²) in [6.45, 7) is 0.588. The van der Waals surface area contributed by atoms with Crippen LogP contribution in [0.2, 0.25) is 0 Å². The maximum Gasteiger partial charge on any atom is 0.224 e. The van der Waals surface area contributed by atoms with Crippen molar-refractivity contribution in [3.63, 3.8) is 0 Å². The van der Waals surface area contributed by atoms with Crippen molar-refractivity contribution in [2.75, 3.05) is 13.7 Å². The fraction of sp³-hybridized carbons (Fsp3) is 0.200. The zero-order valence-corrected chi connectivity index (χ0v) is 15.2. The second-order valence-electron chi connectivity index (χ2n) is 6.08. The molecule has 2 N–H and O–H groups in total. The van der Waals surface area contributed by atoms with Gasteiger partial charge < -0.3 is 15.0 Å². The van der Waals surface area contributed by atoms with Crippen LogP contribution in [-0.4, -0.2) is 29.5 Å². The summed E-state index contributed by atoms with van der Waals surface area (Å²) in [6.07, 6.45) is 2.97. The summed E-state index contributed by atoms with van der Waals surface area (Å²) in [4.78, 5) is 20.1. The first kappa shape index (κ1) is 16.6. The Morgan fingerprint density at radius 1 is 1.27 bits per heavy atom. The predicted octanol–water partition coefficient (Wildman–Crippen LogP) is 3.69. The highest BCUT2D eigenvalue weighted by molar-refractivity contribution is 7.18. The molecule has 2 heterocycles. The SMILES string of the molecule is COc1ccc2[nH]cc(CC(=O)NCCc3nc4ccccc4s3)c2c1. The van der Waals surface area contributed by atoms with E-state index in [9.17, 15) is 4.79 Å². The van der Waals surface area contributed by atoms with E-state index in [4.69, 9.17) is 4.74 Å². The van der Waals surface area contributed by atoms with Gasteiger partial charge in [0.1, 0.15) is 5.75 Å². The molecule has 0 aliphatic heterocycles. The summed E-state index contributed by atoms with van der Waals surface area (Å²) in [5, 5.41) is 5.05. The molecule has 132 valence electrons. The van der Waals surface area contributed by atoms with Crippen LogP contribution in [0, 0.1) is 0 Å². The normalized spacial score (nSPS) is 11.1. The molecule has 0 bridgehead atoms. The minimum absolute atomic E-state index is 0.00910. The third kappa shape index (κ3) is 3.41. The van der Waals surface area contributed by atoms with Gasteiger partial charge >= 0.3 is 0 Å². The number of aromatic nitrogens is 2. The zero-order valence-electron chi connectivity index (χ0n) is 14.4.